The highest BCUT2D eigenvalue weighted by Crippen LogP contribution is 2.23. The average molecular weight is 1490 g/mol. The fourth-order valence-electron chi connectivity index (χ4n) is 11.5. The predicted octanol–water partition coefficient (Wildman–Crippen LogP) is 6.75. The molecule has 0 unspecified atom stereocenters. The van der Waals surface area contributed by atoms with E-state index in [0.29, 0.717) is 93.6 Å². The van der Waals surface area contributed by atoms with Crippen LogP contribution in [0.25, 0.3) is 0 Å². The number of amides is 2. The summed E-state index contributed by atoms with van der Waals surface area (Å²) in [6, 6.07) is 9.68. The molecule has 0 fully saturated rings. The number of esters is 1. The number of nitrogens with one attached hydrogen (secondary N) is 2. The highest BCUT2D eigenvalue weighted by molar-refractivity contribution is 6.02. The van der Waals surface area contributed by atoms with Crippen molar-refractivity contribution in [2.45, 2.75) is 157 Å². The van der Waals surface area contributed by atoms with Gasteiger partial charge >= 0.3 is 24.1 Å². The third kappa shape index (κ3) is 26.1. The first kappa shape index (κ1) is 87.6. The molecule has 2 amide bonds. The molecule has 106 heavy (non-hydrogen) atoms. The molecule has 0 spiro atoms. The highest BCUT2D eigenvalue weighted by Gasteiger charge is 2.26. The Labute approximate surface area is 623 Å². The van der Waals surface area contributed by atoms with Crippen molar-refractivity contribution in [3.63, 3.8) is 0 Å². The molecule has 0 aromatic carbocycles. The summed E-state index contributed by atoms with van der Waals surface area (Å²) < 4.78 is 27.9. The standard InChI is InChI=1S/C38H48N6O7.C31H36N6O7.C6H13NO2.CH4.ClH/c1-24(45)12-10-9-11-13-32(46)29-14-25(20-41(29)5)16-33(47)30-15-26(21-42(30)6)17-35(49)36-39-28(23-44(36)8)19-34(48)31-18-27(22-43(31)7)40-37(50)51-38(2,3)4;1-31(2,3)44-30(43)33-20-12-23(36(6)16-20)26(39)13-21-17-37(7)28(32-21)27(40)11-18-8-22(34(4)14-18)25(38)10-19-9-24(29(41)42)35(5)15-19;1-9-6(8)4-2-3-5-7;;/h14-15,18,20-23H,9-13,16-17,19H2,1-8H3,(H,40,50);8-9,12,14-17H,10-11,13H2,1-7H3,(H,33,43)(H,41,42);2-5,7H2,1H3;1H4;1H. The topological polar surface area (TPSA) is 370 Å². The van der Waals surface area contributed by atoms with E-state index in [9.17, 15) is 62.6 Å². The Kier molecular flexibility index (Phi) is 32.1. The third-order valence-electron chi connectivity index (χ3n) is 16.2. The number of aromatic nitrogens is 10. The zero-order valence-corrected chi connectivity index (χ0v) is 63.6. The number of carbonyl (C=O) groups excluding carboxylic acids is 11. The predicted molar refractivity (Wildman–Crippen MR) is 392 cm³/mol. The second-order valence-corrected chi connectivity index (χ2v) is 27.9. The van der Waals surface area contributed by atoms with Gasteiger partial charge in [0.25, 0.3) is 0 Å². The van der Waals surface area contributed by atoms with Crippen LogP contribution in [0, 0.1) is 0 Å². The zero-order valence-electron chi connectivity index (χ0n) is 62.8. The first-order valence-corrected chi connectivity index (χ1v) is 34.0. The van der Waals surface area contributed by atoms with E-state index in [1.165, 1.54) is 17.7 Å². The molecule has 8 rings (SSSR count). The number of imidazole rings is 2. The number of carbonyl (C=O) groups is 12. The van der Waals surface area contributed by atoms with E-state index >= 15 is 0 Å². The number of ether oxygens (including phenoxy) is 3. The first-order chi connectivity index (χ1) is 48.7. The number of quaternary nitrogens is 1. The second-order valence-electron chi connectivity index (χ2n) is 27.9. The van der Waals surface area contributed by atoms with E-state index in [-0.39, 0.29) is 128 Å². The molecule has 29 nitrogen and oxygen atoms in total. The molecule has 6 N–H and O–H groups in total. The molecule has 0 atom stereocenters. The molecule has 0 aliphatic carbocycles. The summed E-state index contributed by atoms with van der Waals surface area (Å²) in [5.41, 5.74) is 8.74. The summed E-state index contributed by atoms with van der Waals surface area (Å²) in [6.45, 7) is 13.0. The van der Waals surface area contributed by atoms with Gasteiger partial charge in [-0.2, -0.15) is 0 Å². The largest absolute Gasteiger partial charge is 1.00 e. The van der Waals surface area contributed by atoms with Crippen molar-refractivity contribution in [2.24, 2.45) is 56.4 Å². The zero-order chi connectivity index (χ0) is 77.2. The van der Waals surface area contributed by atoms with E-state index in [4.69, 9.17) is 9.47 Å². The van der Waals surface area contributed by atoms with E-state index in [1.54, 1.807) is 217 Å². The van der Waals surface area contributed by atoms with Gasteiger partial charge in [-0.25, -0.2) is 24.4 Å². The van der Waals surface area contributed by atoms with Crippen LogP contribution in [0.15, 0.2) is 86.0 Å². The Balaban J connectivity index is 0.000000397. The lowest BCUT2D eigenvalue weighted by atomic mass is 10.1. The number of methoxy groups -OCH3 is 1. The van der Waals surface area contributed by atoms with Crippen LogP contribution in [-0.4, -0.2) is 147 Å². The number of anilines is 2. The molecule has 8 aromatic rings. The Morgan fingerprint density at radius 1 is 0.415 bits per heavy atom. The normalized spacial score (nSPS) is 11.0. The van der Waals surface area contributed by atoms with Gasteiger partial charge in [-0.05, 0) is 133 Å². The van der Waals surface area contributed by atoms with Crippen molar-refractivity contribution in [3.8, 4) is 0 Å². The summed E-state index contributed by atoms with van der Waals surface area (Å²) in [6.07, 6.45) is 17.7. The van der Waals surface area contributed by atoms with Gasteiger partial charge in [0.15, 0.2) is 40.6 Å². The highest BCUT2D eigenvalue weighted by atomic mass is 35.5. The molecule has 30 heteroatoms. The molecule has 0 radical (unpaired) electrons. The van der Waals surface area contributed by atoms with Gasteiger partial charge in [-0.15, -0.1) is 0 Å². The van der Waals surface area contributed by atoms with Crippen LogP contribution in [0.5, 0.6) is 0 Å². The van der Waals surface area contributed by atoms with E-state index in [2.05, 4.69) is 31.1 Å². The fraction of sp³-hybridized carbons (Fsp3) is 0.447. The molecule has 0 aliphatic rings. The maximum atomic E-state index is 13.3. The molecule has 574 valence electrons. The average Bonchev–Trinajstić information content (AvgIpc) is 1.68. The minimum atomic E-state index is -1.07. The number of hydrogen-bond donors (Lipinski definition) is 4. The van der Waals surface area contributed by atoms with Crippen LogP contribution in [0.2, 0.25) is 0 Å². The lowest BCUT2D eigenvalue weighted by molar-refractivity contribution is -0.368. The van der Waals surface area contributed by atoms with Crippen molar-refractivity contribution in [1.82, 2.24) is 46.5 Å². The number of unbranched alkanes of at least 4 members (excludes halogenated alkanes) is 3. The van der Waals surface area contributed by atoms with E-state index < -0.39 is 29.4 Å². The summed E-state index contributed by atoms with van der Waals surface area (Å²) in [7, 11) is 15.0. The number of nitrogens with zero attached hydrogens (tertiary/aromatic N) is 10. The van der Waals surface area contributed by atoms with Gasteiger partial charge in [0, 0.05) is 151 Å². The Morgan fingerprint density at radius 2 is 0.736 bits per heavy atom. The number of Topliss-reactive ketones (excluding diaryl/α,β-unsaturated/α-hetero) is 8. The first-order valence-electron chi connectivity index (χ1n) is 34.0. The molecule has 8 heterocycles. The lowest BCUT2D eigenvalue weighted by Gasteiger charge is -2.19. The minimum Gasteiger partial charge on any atom is -1.00 e. The maximum Gasteiger partial charge on any atom is 0.412 e. The fourth-order valence-corrected chi connectivity index (χ4v) is 11.5. The number of carboxylic acid groups (broad SMARTS) is 1. The maximum absolute atomic E-state index is 13.3. The Morgan fingerprint density at radius 3 is 1.08 bits per heavy atom. The second kappa shape index (κ2) is 38.8. The van der Waals surface area contributed by atoms with Gasteiger partial charge in [0.05, 0.1) is 77.7 Å². The third-order valence-corrected chi connectivity index (χ3v) is 16.2. The number of rotatable bonds is 32. The number of carboxylic acids is 1. The number of hydrogen-bond acceptors (Lipinski definition) is 17. The van der Waals surface area contributed by atoms with E-state index in [1.807, 2.05) is 0 Å². The van der Waals surface area contributed by atoms with Gasteiger partial charge in [0.1, 0.15) is 22.7 Å². The SMILES string of the molecule is C.CC(=O)CCCCCC(=O)c1cc(CC(=O)c2cc(CC(=O)c3nc(CC(=O)c4cc(NC(=O)OC(C)(C)C)cn4C)cn3C)cn2C)cn1C.COC(=O)CCCC[NH3+].Cn1cc(CC(=O)c2cc(CC(=O)c3nc(CC(=O)c4cc(NC(=O)OC(C)(C)C)cn4C)cn3C)cn2C)cc1C(=O)O.[Cl-]. The Hall–Kier alpha value is -10.8. The van der Waals surface area contributed by atoms with Crippen molar-refractivity contribution < 1.29 is 95.0 Å². The summed E-state index contributed by atoms with van der Waals surface area (Å²) >= 11 is 0. The summed E-state index contributed by atoms with van der Waals surface area (Å²) in [5, 5.41) is 14.5. The van der Waals surface area contributed by atoms with Gasteiger partial charge < -0.3 is 78.8 Å². The lowest BCUT2D eigenvalue weighted by Crippen LogP contribution is -3.00. The quantitative estimate of drug-likeness (QED) is 0.0146. The van der Waals surface area contributed by atoms with Crippen molar-refractivity contribution >= 4 is 81.8 Å². The molecule has 8 aromatic heterocycles. The van der Waals surface area contributed by atoms with Gasteiger partial charge in [-0.3, -0.25) is 49.0 Å². The van der Waals surface area contributed by atoms with Crippen LogP contribution in [0.1, 0.15) is 225 Å². The summed E-state index contributed by atoms with van der Waals surface area (Å²) in [4.78, 5) is 158. The summed E-state index contributed by atoms with van der Waals surface area (Å²) in [5.74, 6) is -2.08. The van der Waals surface area contributed by atoms with Crippen LogP contribution in [0.4, 0.5) is 21.0 Å². The van der Waals surface area contributed by atoms with Crippen LogP contribution >= 0.6 is 0 Å². The number of ketones is 8. The van der Waals surface area contributed by atoms with Crippen LogP contribution in [0.3, 0.4) is 0 Å². The molecule has 0 saturated carbocycles. The molecular weight excluding hydrogens is 1390 g/mol. The minimum absolute atomic E-state index is 0. The van der Waals surface area contributed by atoms with Crippen LogP contribution < -0.4 is 28.8 Å². The molecular formula is C76H102ClN13O16. The smallest absolute Gasteiger partial charge is 0.412 e. The Bertz CT molecular complexity index is 4500. The molecule has 0 bridgehead atoms. The van der Waals surface area contributed by atoms with Gasteiger partial charge in [0.2, 0.25) is 11.6 Å². The van der Waals surface area contributed by atoms with Crippen molar-refractivity contribution in [1.29, 1.82) is 0 Å². The van der Waals surface area contributed by atoms with Crippen molar-refractivity contribution in [3.05, 3.63) is 165 Å². The van der Waals surface area contributed by atoms with Gasteiger partial charge in [-0.1, -0.05) is 13.8 Å². The number of aromatic carboxylic acids is 1. The number of aryl methyl sites for hydroxylation is 8. The van der Waals surface area contributed by atoms with Crippen molar-refractivity contribution in [2.75, 3.05) is 24.3 Å². The van der Waals surface area contributed by atoms with Crippen LogP contribution in [-0.2, 0) is 119 Å². The van der Waals surface area contributed by atoms with E-state index in [0.717, 1.165) is 37.8 Å². The monoisotopic (exact) mass is 1490 g/mol. The molecule has 0 saturated heterocycles. The number of halogens is 1. The molecule has 0 aliphatic heterocycles.